The van der Waals surface area contributed by atoms with Crippen LogP contribution in [0.15, 0.2) is 0 Å². The van der Waals surface area contributed by atoms with Crippen LogP contribution < -0.4 is 0 Å². The van der Waals surface area contributed by atoms with E-state index in [1.54, 1.807) is 0 Å². The maximum absolute atomic E-state index is 13.6. The molecule has 6 heteroatoms. The van der Waals surface area contributed by atoms with Crippen LogP contribution in [0.2, 0.25) is 0 Å². The van der Waals surface area contributed by atoms with Gasteiger partial charge in [0, 0.05) is 18.4 Å². The Bertz CT molecular complexity index is 370. The summed E-state index contributed by atoms with van der Waals surface area (Å²) in [5.41, 5.74) is 0. The summed E-state index contributed by atoms with van der Waals surface area (Å²) < 4.78 is 57.8. The molecule has 140 valence electrons. The van der Waals surface area contributed by atoms with Crippen molar-refractivity contribution in [1.82, 2.24) is 0 Å². The number of halogens is 3. The summed E-state index contributed by atoms with van der Waals surface area (Å²) in [5, 5.41) is 0. The van der Waals surface area contributed by atoms with E-state index in [-0.39, 0.29) is 24.9 Å². The van der Waals surface area contributed by atoms with E-state index in [4.69, 9.17) is 14.2 Å². The quantitative estimate of drug-likeness (QED) is 0.767. The van der Waals surface area contributed by atoms with E-state index in [0.29, 0.717) is 19.1 Å². The molecule has 4 unspecified atom stereocenters. The molecule has 3 nitrogen and oxygen atoms in total. The van der Waals surface area contributed by atoms with Gasteiger partial charge in [-0.25, -0.2) is 13.2 Å². The van der Waals surface area contributed by atoms with Gasteiger partial charge in [-0.2, -0.15) is 0 Å². The second-order valence-electron chi connectivity index (χ2n) is 7.61. The van der Waals surface area contributed by atoms with Crippen molar-refractivity contribution in [3.63, 3.8) is 0 Å². The number of ether oxygens (including phenoxy) is 3. The maximum atomic E-state index is 13.6. The van der Waals surface area contributed by atoms with E-state index in [2.05, 4.69) is 6.92 Å². The highest BCUT2D eigenvalue weighted by atomic mass is 19.2. The average molecular weight is 350 g/mol. The molecule has 3 rings (SSSR count). The molecule has 1 aliphatic carbocycles. The molecular formula is C18H29F3O3. The molecule has 3 fully saturated rings. The zero-order valence-electron chi connectivity index (χ0n) is 14.3. The average Bonchev–Trinajstić information content (AvgIpc) is 2.60. The van der Waals surface area contributed by atoms with Crippen LogP contribution in [-0.2, 0) is 14.2 Å². The number of alkyl halides is 3. The van der Waals surface area contributed by atoms with Crippen molar-refractivity contribution >= 4 is 0 Å². The summed E-state index contributed by atoms with van der Waals surface area (Å²) in [6, 6.07) is 0. The highest BCUT2D eigenvalue weighted by Gasteiger charge is 2.44. The molecule has 0 bridgehead atoms. The Morgan fingerprint density at radius 2 is 1.50 bits per heavy atom. The van der Waals surface area contributed by atoms with Crippen LogP contribution in [0, 0.1) is 17.8 Å². The maximum Gasteiger partial charge on any atom is 0.162 e. The Morgan fingerprint density at radius 1 is 0.833 bits per heavy atom. The lowest BCUT2D eigenvalue weighted by Gasteiger charge is -2.41. The van der Waals surface area contributed by atoms with Crippen molar-refractivity contribution in [2.24, 2.45) is 17.8 Å². The molecule has 24 heavy (non-hydrogen) atoms. The van der Waals surface area contributed by atoms with Gasteiger partial charge in [0.15, 0.2) is 12.5 Å². The minimum atomic E-state index is -2.01. The highest BCUT2D eigenvalue weighted by molar-refractivity contribution is 4.89. The Labute approximate surface area is 142 Å². The Morgan fingerprint density at radius 3 is 2.04 bits per heavy atom. The van der Waals surface area contributed by atoms with Crippen molar-refractivity contribution in [2.45, 2.75) is 76.4 Å². The van der Waals surface area contributed by atoms with Gasteiger partial charge in [0.1, 0.15) is 12.3 Å². The van der Waals surface area contributed by atoms with Gasteiger partial charge in [-0.1, -0.05) is 13.3 Å². The summed E-state index contributed by atoms with van der Waals surface area (Å²) in [4.78, 5) is 0. The third kappa shape index (κ3) is 4.25. The molecule has 2 saturated heterocycles. The van der Waals surface area contributed by atoms with Crippen molar-refractivity contribution < 1.29 is 27.4 Å². The van der Waals surface area contributed by atoms with Crippen molar-refractivity contribution in [2.75, 3.05) is 19.8 Å². The minimum absolute atomic E-state index is 0.0322. The molecule has 0 radical (unpaired) electrons. The van der Waals surface area contributed by atoms with Crippen LogP contribution >= 0.6 is 0 Å². The normalized spacial score (nSPS) is 47.5. The molecule has 2 aliphatic heterocycles. The fourth-order valence-electron chi connectivity index (χ4n) is 4.24. The van der Waals surface area contributed by atoms with Gasteiger partial charge in [0.25, 0.3) is 0 Å². The summed E-state index contributed by atoms with van der Waals surface area (Å²) in [6.45, 7) is 3.95. The van der Waals surface area contributed by atoms with Gasteiger partial charge in [-0.05, 0) is 38.0 Å². The van der Waals surface area contributed by atoms with E-state index in [1.807, 2.05) is 0 Å². The van der Waals surface area contributed by atoms with Gasteiger partial charge in [-0.3, -0.25) is 0 Å². The first-order chi connectivity index (χ1) is 11.6. The summed E-state index contributed by atoms with van der Waals surface area (Å²) in [7, 11) is 0. The highest BCUT2D eigenvalue weighted by Crippen LogP contribution is 2.37. The first kappa shape index (κ1) is 18.5. The van der Waals surface area contributed by atoms with Crippen molar-refractivity contribution in [3.8, 4) is 0 Å². The summed E-state index contributed by atoms with van der Waals surface area (Å²) in [6.07, 6.45) is -1.51. The second kappa shape index (κ2) is 8.37. The SMILES string of the molecule is CCCC1CCC(C2COC(C3CC(F)C(F)C(F)C3)OC2)OC1. The summed E-state index contributed by atoms with van der Waals surface area (Å²) >= 11 is 0. The molecule has 3 aliphatic rings. The molecule has 0 aromatic carbocycles. The van der Waals surface area contributed by atoms with Crippen LogP contribution in [0.3, 0.4) is 0 Å². The van der Waals surface area contributed by atoms with Crippen molar-refractivity contribution in [3.05, 3.63) is 0 Å². The molecule has 0 N–H and O–H groups in total. The lowest BCUT2D eigenvalue weighted by molar-refractivity contribution is -0.251. The first-order valence-corrected chi connectivity index (χ1v) is 9.35. The number of hydrogen-bond donors (Lipinski definition) is 0. The molecule has 4 atom stereocenters. The molecule has 0 aromatic rings. The number of rotatable bonds is 4. The first-order valence-electron chi connectivity index (χ1n) is 9.35. The van der Waals surface area contributed by atoms with Gasteiger partial charge in [0.05, 0.1) is 19.3 Å². The number of hydrogen-bond acceptors (Lipinski definition) is 3. The second-order valence-corrected chi connectivity index (χ2v) is 7.61. The third-order valence-corrected chi connectivity index (χ3v) is 5.71. The van der Waals surface area contributed by atoms with E-state index in [9.17, 15) is 13.2 Å². The molecule has 1 saturated carbocycles. The zero-order valence-corrected chi connectivity index (χ0v) is 14.3. The fourth-order valence-corrected chi connectivity index (χ4v) is 4.24. The Kier molecular flexibility index (Phi) is 6.44. The minimum Gasteiger partial charge on any atom is -0.377 e. The van der Waals surface area contributed by atoms with Crippen LogP contribution in [0.1, 0.15) is 45.4 Å². The summed E-state index contributed by atoms with van der Waals surface area (Å²) in [5.74, 6) is 0.413. The predicted octanol–water partition coefficient (Wildman–Crippen LogP) is 4.00. The molecule has 0 spiro atoms. The van der Waals surface area contributed by atoms with Gasteiger partial charge in [-0.15, -0.1) is 0 Å². The zero-order chi connectivity index (χ0) is 17.1. The van der Waals surface area contributed by atoms with Crippen molar-refractivity contribution in [1.29, 1.82) is 0 Å². The van der Waals surface area contributed by atoms with Gasteiger partial charge >= 0.3 is 0 Å². The smallest absolute Gasteiger partial charge is 0.162 e. The monoisotopic (exact) mass is 350 g/mol. The molecule has 0 amide bonds. The van der Waals surface area contributed by atoms with Crippen LogP contribution in [0.25, 0.3) is 0 Å². The predicted molar refractivity (Wildman–Crippen MR) is 84.0 cm³/mol. The van der Waals surface area contributed by atoms with E-state index < -0.39 is 30.7 Å². The van der Waals surface area contributed by atoms with E-state index in [1.165, 1.54) is 19.3 Å². The van der Waals surface area contributed by atoms with Crippen LogP contribution in [0.5, 0.6) is 0 Å². The Balaban J connectivity index is 1.43. The van der Waals surface area contributed by atoms with Crippen LogP contribution in [0.4, 0.5) is 13.2 Å². The topological polar surface area (TPSA) is 27.7 Å². The van der Waals surface area contributed by atoms with Gasteiger partial charge in [0.2, 0.25) is 0 Å². The van der Waals surface area contributed by atoms with Gasteiger partial charge < -0.3 is 14.2 Å². The largest absolute Gasteiger partial charge is 0.377 e. The van der Waals surface area contributed by atoms with E-state index >= 15 is 0 Å². The molecule has 0 aromatic heterocycles. The molecular weight excluding hydrogens is 321 g/mol. The molecule has 2 heterocycles. The van der Waals surface area contributed by atoms with E-state index in [0.717, 1.165) is 13.0 Å². The lowest BCUT2D eigenvalue weighted by atomic mass is 9.84. The third-order valence-electron chi connectivity index (χ3n) is 5.71. The fraction of sp³-hybridized carbons (Fsp3) is 1.00. The Hall–Kier alpha value is -0.330. The standard InChI is InChI=1S/C18H29F3O3/c1-2-3-11-4-5-16(22-8-11)13-9-23-18(24-10-13)12-6-14(19)17(21)15(20)7-12/h11-18H,2-10H2,1H3. The lowest BCUT2D eigenvalue weighted by Crippen LogP contribution is -2.47. The van der Waals surface area contributed by atoms with Crippen LogP contribution in [-0.4, -0.2) is 50.7 Å².